The molecule has 3 nitrogen and oxygen atoms in total. The fraction of sp³-hybridized carbons (Fsp3) is 1.00. The van der Waals surface area contributed by atoms with E-state index in [1.807, 2.05) is 0 Å². The topological polar surface area (TPSA) is 35.5 Å². The van der Waals surface area contributed by atoms with Gasteiger partial charge in [-0.25, -0.2) is 0 Å². The van der Waals surface area contributed by atoms with Crippen molar-refractivity contribution in [3.8, 4) is 0 Å². The Kier molecular flexibility index (Phi) is 4.35. The first-order chi connectivity index (χ1) is 8.47. The lowest BCUT2D eigenvalue weighted by atomic mass is 9.97. The molecule has 0 spiro atoms. The summed E-state index contributed by atoms with van der Waals surface area (Å²) in [5.74, 6) is 0.928. The van der Waals surface area contributed by atoms with Gasteiger partial charge in [-0.2, -0.15) is 0 Å². The fourth-order valence-corrected chi connectivity index (χ4v) is 3.62. The summed E-state index contributed by atoms with van der Waals surface area (Å²) in [5.41, 5.74) is -0.0314. The van der Waals surface area contributed by atoms with Gasteiger partial charge in [-0.15, -0.1) is 0 Å². The van der Waals surface area contributed by atoms with Crippen LogP contribution in [0.3, 0.4) is 0 Å². The zero-order valence-electron chi connectivity index (χ0n) is 12.4. The molecule has 106 valence electrons. The molecule has 2 rings (SSSR count). The Balaban J connectivity index is 1.92. The van der Waals surface area contributed by atoms with Crippen LogP contribution in [0.2, 0.25) is 0 Å². The van der Waals surface area contributed by atoms with Crippen LogP contribution in [-0.2, 0) is 0 Å². The second-order valence-electron chi connectivity index (χ2n) is 6.88. The van der Waals surface area contributed by atoms with Crippen LogP contribution in [0.5, 0.6) is 0 Å². The molecule has 2 aliphatic carbocycles. The zero-order chi connectivity index (χ0) is 13.3. The van der Waals surface area contributed by atoms with Crippen LogP contribution in [0.15, 0.2) is 0 Å². The number of aliphatic hydroxyl groups is 1. The summed E-state index contributed by atoms with van der Waals surface area (Å²) < 4.78 is 0. The van der Waals surface area contributed by atoms with Crippen LogP contribution in [0.25, 0.3) is 0 Å². The highest BCUT2D eigenvalue weighted by Crippen LogP contribution is 2.39. The molecular weight excluding hydrogens is 224 g/mol. The van der Waals surface area contributed by atoms with E-state index in [1.165, 1.54) is 19.3 Å². The van der Waals surface area contributed by atoms with E-state index in [9.17, 15) is 5.11 Å². The van der Waals surface area contributed by atoms with Crippen LogP contribution < -0.4 is 5.32 Å². The summed E-state index contributed by atoms with van der Waals surface area (Å²) in [5, 5.41) is 13.3. The Morgan fingerprint density at radius 3 is 2.44 bits per heavy atom. The largest absolute Gasteiger partial charge is 0.394 e. The first-order valence-electron chi connectivity index (χ1n) is 7.58. The molecule has 0 aliphatic heterocycles. The summed E-state index contributed by atoms with van der Waals surface area (Å²) in [6.45, 7) is 6.97. The number of hydrogen-bond acceptors (Lipinski definition) is 3. The average molecular weight is 254 g/mol. The minimum Gasteiger partial charge on any atom is -0.394 e. The predicted octanol–water partition coefficient (Wildman–Crippen LogP) is 2.00. The SMILES string of the molecule is CC(C)NC1(CO)CCC(N(C)C(C)C2CC2)C1. The van der Waals surface area contributed by atoms with Gasteiger partial charge in [0.15, 0.2) is 0 Å². The molecule has 0 aromatic heterocycles. The molecule has 0 radical (unpaired) electrons. The third kappa shape index (κ3) is 3.06. The number of hydrogen-bond donors (Lipinski definition) is 2. The molecule has 2 fully saturated rings. The first-order valence-corrected chi connectivity index (χ1v) is 7.58. The molecule has 3 atom stereocenters. The molecule has 2 aliphatic rings. The lowest BCUT2D eigenvalue weighted by molar-refractivity contribution is 0.127. The molecule has 18 heavy (non-hydrogen) atoms. The van der Waals surface area contributed by atoms with E-state index in [-0.39, 0.29) is 12.1 Å². The van der Waals surface area contributed by atoms with Gasteiger partial charge >= 0.3 is 0 Å². The molecule has 2 N–H and O–H groups in total. The molecule has 0 bridgehead atoms. The van der Waals surface area contributed by atoms with E-state index in [2.05, 4.69) is 38.0 Å². The molecule has 0 saturated heterocycles. The van der Waals surface area contributed by atoms with Crippen LogP contribution >= 0.6 is 0 Å². The van der Waals surface area contributed by atoms with E-state index >= 15 is 0 Å². The summed E-state index contributed by atoms with van der Waals surface area (Å²) in [6.07, 6.45) is 6.23. The number of nitrogens with zero attached hydrogens (tertiary/aromatic N) is 1. The van der Waals surface area contributed by atoms with Crippen LogP contribution in [-0.4, -0.2) is 47.3 Å². The summed E-state index contributed by atoms with van der Waals surface area (Å²) in [7, 11) is 2.27. The van der Waals surface area contributed by atoms with E-state index in [0.717, 1.165) is 18.8 Å². The van der Waals surface area contributed by atoms with E-state index in [1.54, 1.807) is 0 Å². The molecule has 0 amide bonds. The highest BCUT2D eigenvalue weighted by atomic mass is 16.3. The second-order valence-corrected chi connectivity index (χ2v) is 6.88. The third-order valence-corrected chi connectivity index (χ3v) is 5.00. The Morgan fingerprint density at radius 2 is 1.94 bits per heavy atom. The van der Waals surface area contributed by atoms with Gasteiger partial charge in [-0.1, -0.05) is 13.8 Å². The van der Waals surface area contributed by atoms with E-state index in [4.69, 9.17) is 0 Å². The second kappa shape index (κ2) is 5.48. The Morgan fingerprint density at radius 1 is 1.28 bits per heavy atom. The van der Waals surface area contributed by atoms with Gasteiger partial charge < -0.3 is 15.3 Å². The third-order valence-electron chi connectivity index (χ3n) is 5.00. The van der Waals surface area contributed by atoms with Crippen LogP contribution in [0, 0.1) is 5.92 Å². The van der Waals surface area contributed by atoms with E-state index < -0.39 is 0 Å². The summed E-state index contributed by atoms with van der Waals surface area (Å²) in [4.78, 5) is 2.57. The number of aliphatic hydroxyl groups excluding tert-OH is 1. The minimum atomic E-state index is -0.0314. The van der Waals surface area contributed by atoms with Gasteiger partial charge in [-0.05, 0) is 52.0 Å². The van der Waals surface area contributed by atoms with Crippen molar-refractivity contribution >= 4 is 0 Å². The zero-order valence-corrected chi connectivity index (χ0v) is 12.4. The van der Waals surface area contributed by atoms with Crippen molar-refractivity contribution in [3.05, 3.63) is 0 Å². The van der Waals surface area contributed by atoms with Crippen molar-refractivity contribution in [2.75, 3.05) is 13.7 Å². The summed E-state index contributed by atoms with van der Waals surface area (Å²) >= 11 is 0. The lowest BCUT2D eigenvalue weighted by Gasteiger charge is -2.34. The maximum Gasteiger partial charge on any atom is 0.0614 e. The predicted molar refractivity (Wildman–Crippen MR) is 75.7 cm³/mol. The number of nitrogens with one attached hydrogen (secondary N) is 1. The first kappa shape index (κ1) is 14.3. The Hall–Kier alpha value is -0.120. The number of rotatable bonds is 6. The van der Waals surface area contributed by atoms with Gasteiger partial charge in [0.1, 0.15) is 0 Å². The molecule has 2 saturated carbocycles. The highest BCUT2D eigenvalue weighted by molar-refractivity contribution is 5.01. The molecule has 3 unspecified atom stereocenters. The molecule has 0 heterocycles. The van der Waals surface area contributed by atoms with Gasteiger partial charge in [0.25, 0.3) is 0 Å². The summed E-state index contributed by atoms with van der Waals surface area (Å²) in [6, 6.07) is 1.80. The molecule has 0 aromatic rings. The molecule has 3 heteroatoms. The minimum absolute atomic E-state index is 0.0314. The van der Waals surface area contributed by atoms with Crippen molar-refractivity contribution in [3.63, 3.8) is 0 Å². The van der Waals surface area contributed by atoms with Crippen molar-refractivity contribution in [1.29, 1.82) is 0 Å². The Bertz CT molecular complexity index is 278. The van der Waals surface area contributed by atoms with E-state index in [0.29, 0.717) is 18.1 Å². The molecule has 0 aromatic carbocycles. The smallest absolute Gasteiger partial charge is 0.0614 e. The highest BCUT2D eigenvalue weighted by Gasteiger charge is 2.42. The van der Waals surface area contributed by atoms with Crippen molar-refractivity contribution in [2.45, 2.75) is 76.5 Å². The fourth-order valence-electron chi connectivity index (χ4n) is 3.62. The van der Waals surface area contributed by atoms with Crippen molar-refractivity contribution in [1.82, 2.24) is 10.2 Å². The van der Waals surface area contributed by atoms with Crippen LogP contribution in [0.4, 0.5) is 0 Å². The van der Waals surface area contributed by atoms with Gasteiger partial charge in [0.05, 0.1) is 6.61 Å². The lowest BCUT2D eigenvalue weighted by Crippen LogP contribution is -2.51. The van der Waals surface area contributed by atoms with Gasteiger partial charge in [0, 0.05) is 23.7 Å². The quantitative estimate of drug-likeness (QED) is 0.761. The van der Waals surface area contributed by atoms with Gasteiger partial charge in [0.2, 0.25) is 0 Å². The molecular formula is C15H30N2O. The van der Waals surface area contributed by atoms with Crippen molar-refractivity contribution < 1.29 is 5.11 Å². The standard InChI is InChI=1S/C15H30N2O/c1-11(2)16-15(10-18)8-7-14(9-15)17(4)12(3)13-5-6-13/h11-14,16,18H,5-10H2,1-4H3. The maximum absolute atomic E-state index is 9.74. The Labute approximate surface area is 112 Å². The van der Waals surface area contributed by atoms with Crippen molar-refractivity contribution in [2.24, 2.45) is 5.92 Å². The van der Waals surface area contributed by atoms with Crippen LogP contribution in [0.1, 0.15) is 52.9 Å². The monoisotopic (exact) mass is 254 g/mol. The van der Waals surface area contributed by atoms with Gasteiger partial charge in [-0.3, -0.25) is 0 Å². The average Bonchev–Trinajstić information content (AvgIpc) is 3.09. The normalized spacial score (nSPS) is 34.5. The maximum atomic E-state index is 9.74.